The zero-order valence-corrected chi connectivity index (χ0v) is 23.4. The number of ether oxygens (including phenoxy) is 1. The van der Waals surface area contributed by atoms with Gasteiger partial charge in [0.2, 0.25) is 11.8 Å². The van der Waals surface area contributed by atoms with Crippen LogP contribution in [-0.2, 0) is 19.9 Å². The molecule has 2 heterocycles. The van der Waals surface area contributed by atoms with Gasteiger partial charge >= 0.3 is 0 Å². The quantitative estimate of drug-likeness (QED) is 0.436. The standard InChI is InChI=1S/C32H39N5O3/c1-32(2,33)26-14-12-24(13-15-26)30-27(23-6-4-3-5-7-23)21-28(35-36-30)34-29(38)20-22-8-10-25(11-9-22)31(39)37-16-18-40-19-17-37/h3-7,12-15,21-22,25H,8-11,16-20,33H2,1-2H3,(H,34,35,38)/t22-,25-. The molecule has 1 aliphatic carbocycles. The molecule has 2 aromatic carbocycles. The van der Waals surface area contributed by atoms with Gasteiger partial charge in [-0.3, -0.25) is 9.59 Å². The molecule has 0 bridgehead atoms. The van der Waals surface area contributed by atoms with E-state index >= 15 is 0 Å². The molecule has 2 amide bonds. The van der Waals surface area contributed by atoms with E-state index in [1.165, 1.54) is 0 Å². The predicted octanol–water partition coefficient (Wildman–Crippen LogP) is 5.00. The highest BCUT2D eigenvalue weighted by atomic mass is 16.5. The van der Waals surface area contributed by atoms with Crippen LogP contribution in [0.25, 0.3) is 22.4 Å². The molecule has 3 aromatic rings. The van der Waals surface area contributed by atoms with E-state index in [9.17, 15) is 9.59 Å². The third-order valence-electron chi connectivity index (χ3n) is 8.04. The highest BCUT2D eigenvalue weighted by Crippen LogP contribution is 2.34. The molecule has 2 aliphatic rings. The SMILES string of the molecule is CC(C)(N)c1ccc(-c2nnc(NC(=O)C[C@H]3CC[C@H](C(=O)N4CCOCC4)CC3)cc2-c2ccccc2)cc1. The van der Waals surface area contributed by atoms with Crippen LogP contribution in [0.15, 0.2) is 60.7 Å². The Morgan fingerprint density at radius 3 is 2.27 bits per heavy atom. The fourth-order valence-electron chi connectivity index (χ4n) is 5.67. The summed E-state index contributed by atoms with van der Waals surface area (Å²) in [6.07, 6.45) is 3.84. The zero-order valence-electron chi connectivity index (χ0n) is 23.4. The molecule has 0 atom stereocenters. The molecule has 0 radical (unpaired) electrons. The van der Waals surface area contributed by atoms with Crippen molar-refractivity contribution in [2.45, 2.75) is 51.5 Å². The molecule has 3 N–H and O–H groups in total. The van der Waals surface area contributed by atoms with E-state index in [4.69, 9.17) is 10.5 Å². The highest BCUT2D eigenvalue weighted by Gasteiger charge is 2.31. The third-order valence-corrected chi connectivity index (χ3v) is 8.04. The Morgan fingerprint density at radius 2 is 1.62 bits per heavy atom. The first-order valence-electron chi connectivity index (χ1n) is 14.3. The molecule has 1 aromatic heterocycles. The second-order valence-corrected chi connectivity index (χ2v) is 11.6. The maximum atomic E-state index is 13.0. The Labute approximate surface area is 236 Å². The number of morpholine rings is 1. The fourth-order valence-corrected chi connectivity index (χ4v) is 5.67. The van der Waals surface area contributed by atoms with Gasteiger partial charge in [-0.25, -0.2) is 0 Å². The third kappa shape index (κ3) is 6.74. The summed E-state index contributed by atoms with van der Waals surface area (Å²) >= 11 is 0. The van der Waals surface area contributed by atoms with E-state index in [0.29, 0.717) is 38.5 Å². The molecule has 8 nitrogen and oxygen atoms in total. The van der Waals surface area contributed by atoms with Crippen molar-refractivity contribution >= 4 is 17.6 Å². The molecule has 5 rings (SSSR count). The van der Waals surface area contributed by atoms with E-state index in [1.54, 1.807) is 0 Å². The second kappa shape index (κ2) is 12.3. The molecule has 1 saturated carbocycles. The van der Waals surface area contributed by atoms with Gasteiger partial charge in [-0.2, -0.15) is 0 Å². The summed E-state index contributed by atoms with van der Waals surface area (Å²) in [5.41, 5.74) is 10.4. The van der Waals surface area contributed by atoms with Crippen LogP contribution in [0, 0.1) is 11.8 Å². The summed E-state index contributed by atoms with van der Waals surface area (Å²) in [5, 5.41) is 11.9. The first kappa shape index (κ1) is 27.9. The van der Waals surface area contributed by atoms with Gasteiger partial charge in [0.25, 0.3) is 0 Å². The number of aromatic nitrogens is 2. The lowest BCUT2D eigenvalue weighted by Gasteiger charge is -2.33. The molecule has 210 valence electrons. The molecule has 1 saturated heterocycles. The monoisotopic (exact) mass is 541 g/mol. The van der Waals surface area contributed by atoms with Gasteiger partial charge in [0, 0.05) is 42.1 Å². The number of hydrogen-bond acceptors (Lipinski definition) is 6. The average Bonchev–Trinajstić information content (AvgIpc) is 2.98. The molecule has 1 aliphatic heterocycles. The van der Waals surface area contributed by atoms with Crippen LogP contribution in [0.1, 0.15) is 51.5 Å². The van der Waals surface area contributed by atoms with Crippen LogP contribution in [0.3, 0.4) is 0 Å². The first-order valence-corrected chi connectivity index (χ1v) is 14.3. The molecule has 8 heteroatoms. The Bertz CT molecular complexity index is 1310. The van der Waals surface area contributed by atoms with Crippen LogP contribution < -0.4 is 11.1 Å². The minimum absolute atomic E-state index is 0.0641. The van der Waals surface area contributed by atoms with E-state index in [-0.39, 0.29) is 23.7 Å². The van der Waals surface area contributed by atoms with Crippen LogP contribution in [-0.4, -0.2) is 53.2 Å². The van der Waals surface area contributed by atoms with Gasteiger partial charge in [0.1, 0.15) is 5.69 Å². The van der Waals surface area contributed by atoms with Crippen molar-refractivity contribution in [2.24, 2.45) is 17.6 Å². The van der Waals surface area contributed by atoms with E-state index < -0.39 is 5.54 Å². The van der Waals surface area contributed by atoms with E-state index in [0.717, 1.165) is 53.6 Å². The maximum absolute atomic E-state index is 13.0. The van der Waals surface area contributed by atoms with Crippen LogP contribution in [0.4, 0.5) is 5.82 Å². The van der Waals surface area contributed by atoms with Gasteiger partial charge in [-0.15, -0.1) is 10.2 Å². The number of carbonyl (C=O) groups excluding carboxylic acids is 2. The number of carbonyl (C=O) groups is 2. The second-order valence-electron chi connectivity index (χ2n) is 11.6. The highest BCUT2D eigenvalue weighted by molar-refractivity contribution is 5.91. The van der Waals surface area contributed by atoms with E-state index in [1.807, 2.05) is 79.4 Å². The predicted molar refractivity (Wildman–Crippen MR) is 156 cm³/mol. The number of anilines is 1. The number of amides is 2. The Balaban J connectivity index is 1.25. The van der Waals surface area contributed by atoms with Gasteiger partial charge in [-0.1, -0.05) is 54.6 Å². The van der Waals surface area contributed by atoms with Crippen molar-refractivity contribution in [1.29, 1.82) is 0 Å². The minimum atomic E-state index is -0.432. The Morgan fingerprint density at radius 1 is 0.950 bits per heavy atom. The van der Waals surface area contributed by atoms with Gasteiger partial charge in [0.15, 0.2) is 5.82 Å². The lowest BCUT2D eigenvalue weighted by atomic mass is 9.79. The van der Waals surface area contributed by atoms with Crippen molar-refractivity contribution in [3.05, 3.63) is 66.2 Å². The number of nitrogens with one attached hydrogen (secondary N) is 1. The van der Waals surface area contributed by atoms with Crippen molar-refractivity contribution in [2.75, 3.05) is 31.6 Å². The number of hydrogen-bond donors (Lipinski definition) is 2. The summed E-state index contributed by atoms with van der Waals surface area (Å²) in [6, 6.07) is 20.0. The molecular weight excluding hydrogens is 502 g/mol. The topological polar surface area (TPSA) is 110 Å². The molecule has 40 heavy (non-hydrogen) atoms. The molecular formula is C32H39N5O3. The fraction of sp³-hybridized carbons (Fsp3) is 0.438. The van der Waals surface area contributed by atoms with Crippen LogP contribution in [0.5, 0.6) is 0 Å². The van der Waals surface area contributed by atoms with Crippen LogP contribution >= 0.6 is 0 Å². The summed E-state index contributed by atoms with van der Waals surface area (Å²) in [6.45, 7) is 6.56. The minimum Gasteiger partial charge on any atom is -0.378 e. The molecule has 2 fully saturated rings. The van der Waals surface area contributed by atoms with Crippen molar-refractivity contribution < 1.29 is 14.3 Å². The smallest absolute Gasteiger partial charge is 0.225 e. The van der Waals surface area contributed by atoms with Crippen molar-refractivity contribution in [1.82, 2.24) is 15.1 Å². The lowest BCUT2D eigenvalue weighted by molar-refractivity contribution is -0.141. The molecule has 0 unspecified atom stereocenters. The van der Waals surface area contributed by atoms with Crippen LogP contribution in [0.2, 0.25) is 0 Å². The zero-order chi connectivity index (χ0) is 28.1. The summed E-state index contributed by atoms with van der Waals surface area (Å²) in [4.78, 5) is 27.8. The van der Waals surface area contributed by atoms with Crippen molar-refractivity contribution in [3.63, 3.8) is 0 Å². The normalized spacial score (nSPS) is 19.7. The average molecular weight is 542 g/mol. The first-order chi connectivity index (χ1) is 19.3. The Hall–Kier alpha value is -3.62. The molecule has 0 spiro atoms. The van der Waals surface area contributed by atoms with Crippen molar-refractivity contribution in [3.8, 4) is 22.4 Å². The largest absolute Gasteiger partial charge is 0.378 e. The number of nitrogens with two attached hydrogens (primary N) is 1. The lowest BCUT2D eigenvalue weighted by Crippen LogP contribution is -2.44. The summed E-state index contributed by atoms with van der Waals surface area (Å²) in [7, 11) is 0. The summed E-state index contributed by atoms with van der Waals surface area (Å²) in [5.74, 6) is 0.938. The van der Waals surface area contributed by atoms with Gasteiger partial charge in [-0.05, 0) is 62.6 Å². The number of nitrogens with zero attached hydrogens (tertiary/aromatic N) is 3. The number of benzene rings is 2. The maximum Gasteiger partial charge on any atom is 0.225 e. The number of rotatable bonds is 7. The van der Waals surface area contributed by atoms with Gasteiger partial charge < -0.3 is 20.7 Å². The Kier molecular flexibility index (Phi) is 8.57. The van der Waals surface area contributed by atoms with E-state index in [2.05, 4.69) is 15.5 Å². The van der Waals surface area contributed by atoms with Gasteiger partial charge in [0.05, 0.1) is 13.2 Å². The summed E-state index contributed by atoms with van der Waals surface area (Å²) < 4.78 is 5.37.